The molecular formula is C14H24N2O4S. The molecule has 1 aliphatic rings. The second-order valence-corrected chi connectivity index (χ2v) is 6.12. The average Bonchev–Trinajstić information content (AvgIpc) is 2.93. The van der Waals surface area contributed by atoms with Crippen LogP contribution in [-0.2, 0) is 14.4 Å². The number of nitrogens with zero attached hydrogens (tertiary/aromatic N) is 1. The Balaban J connectivity index is 2.31. The van der Waals surface area contributed by atoms with Crippen LogP contribution in [0.5, 0.6) is 0 Å². The Hall–Kier alpha value is -1.24. The number of nitrogens with one attached hydrogen (secondary N) is 1. The molecule has 1 fully saturated rings. The molecule has 2 N–H and O–H groups in total. The molecule has 1 heterocycles. The lowest BCUT2D eigenvalue weighted by atomic mass is 10.2. The smallest absolute Gasteiger partial charge is 0.303 e. The lowest BCUT2D eigenvalue weighted by Gasteiger charge is -2.23. The van der Waals surface area contributed by atoms with Crippen LogP contribution >= 0.6 is 11.8 Å². The standard InChI is InChI=1S/C14H24N2O4S/c1-2-3-6-12(17)16-10-21-9-11(16)14(20)15-8-5-4-7-13(18)19/h11H,2-10H2,1H3,(H,15,20)(H,18,19). The third-order valence-corrected chi connectivity index (χ3v) is 4.38. The first kappa shape index (κ1) is 17.8. The van der Waals surface area contributed by atoms with Gasteiger partial charge in [0.05, 0.1) is 5.88 Å². The van der Waals surface area contributed by atoms with Crippen molar-refractivity contribution in [2.75, 3.05) is 18.2 Å². The van der Waals surface area contributed by atoms with Crippen molar-refractivity contribution in [2.45, 2.75) is 51.5 Å². The maximum Gasteiger partial charge on any atom is 0.303 e. The molecule has 1 rings (SSSR count). The molecule has 7 heteroatoms. The molecule has 0 saturated carbocycles. The largest absolute Gasteiger partial charge is 0.481 e. The fraction of sp³-hybridized carbons (Fsp3) is 0.786. The van der Waals surface area contributed by atoms with Crippen molar-refractivity contribution < 1.29 is 19.5 Å². The molecule has 0 aliphatic carbocycles. The molecule has 21 heavy (non-hydrogen) atoms. The summed E-state index contributed by atoms with van der Waals surface area (Å²) in [4.78, 5) is 36.2. The summed E-state index contributed by atoms with van der Waals surface area (Å²) in [6.45, 7) is 2.50. The van der Waals surface area contributed by atoms with Crippen molar-refractivity contribution in [3.63, 3.8) is 0 Å². The predicted octanol–water partition coefficient (Wildman–Crippen LogP) is 1.45. The van der Waals surface area contributed by atoms with Crippen LogP contribution in [0, 0.1) is 0 Å². The maximum absolute atomic E-state index is 12.1. The highest BCUT2D eigenvalue weighted by atomic mass is 32.2. The topological polar surface area (TPSA) is 86.7 Å². The number of carboxylic acid groups (broad SMARTS) is 1. The molecule has 2 amide bonds. The Morgan fingerprint density at radius 2 is 2.00 bits per heavy atom. The van der Waals surface area contributed by atoms with E-state index in [1.54, 1.807) is 16.7 Å². The van der Waals surface area contributed by atoms with Crippen LogP contribution in [0.4, 0.5) is 0 Å². The van der Waals surface area contributed by atoms with E-state index < -0.39 is 5.97 Å². The van der Waals surface area contributed by atoms with Gasteiger partial charge in [0, 0.05) is 25.1 Å². The average molecular weight is 316 g/mol. The number of hydrogen-bond donors (Lipinski definition) is 2. The molecule has 0 aromatic carbocycles. The van der Waals surface area contributed by atoms with E-state index in [1.165, 1.54) is 0 Å². The van der Waals surface area contributed by atoms with Crippen molar-refractivity contribution in [1.82, 2.24) is 10.2 Å². The highest BCUT2D eigenvalue weighted by Crippen LogP contribution is 2.22. The van der Waals surface area contributed by atoms with Crippen molar-refractivity contribution in [2.24, 2.45) is 0 Å². The fourth-order valence-corrected chi connectivity index (χ4v) is 3.29. The number of carbonyl (C=O) groups is 3. The summed E-state index contributed by atoms with van der Waals surface area (Å²) in [5.41, 5.74) is 0. The van der Waals surface area contributed by atoms with Gasteiger partial charge in [-0.25, -0.2) is 0 Å². The molecule has 0 spiro atoms. The molecule has 120 valence electrons. The SMILES string of the molecule is CCCCC(=O)N1CSCC1C(=O)NCCCCC(=O)O. The highest BCUT2D eigenvalue weighted by molar-refractivity contribution is 7.99. The summed E-state index contributed by atoms with van der Waals surface area (Å²) < 4.78 is 0. The van der Waals surface area contributed by atoms with Crippen molar-refractivity contribution in [3.05, 3.63) is 0 Å². The van der Waals surface area contributed by atoms with E-state index in [4.69, 9.17) is 5.11 Å². The Kier molecular flexibility index (Phi) is 8.19. The van der Waals surface area contributed by atoms with E-state index in [9.17, 15) is 14.4 Å². The van der Waals surface area contributed by atoms with E-state index in [1.807, 2.05) is 6.92 Å². The van der Waals surface area contributed by atoms with E-state index in [0.29, 0.717) is 37.4 Å². The van der Waals surface area contributed by atoms with Crippen LogP contribution in [0.25, 0.3) is 0 Å². The van der Waals surface area contributed by atoms with Crippen molar-refractivity contribution in [3.8, 4) is 0 Å². The number of amides is 2. The predicted molar refractivity (Wildman–Crippen MR) is 82.0 cm³/mol. The summed E-state index contributed by atoms with van der Waals surface area (Å²) in [5.74, 6) is 0.327. The van der Waals surface area contributed by atoms with Crippen molar-refractivity contribution >= 4 is 29.5 Å². The Labute approximate surface area is 129 Å². The van der Waals surface area contributed by atoms with Crippen LogP contribution in [-0.4, -0.2) is 52.0 Å². The van der Waals surface area contributed by atoms with Gasteiger partial charge in [-0.3, -0.25) is 14.4 Å². The van der Waals surface area contributed by atoms with Gasteiger partial charge < -0.3 is 15.3 Å². The van der Waals surface area contributed by atoms with Crippen LogP contribution in [0.2, 0.25) is 0 Å². The number of rotatable bonds is 9. The zero-order chi connectivity index (χ0) is 15.7. The lowest BCUT2D eigenvalue weighted by Crippen LogP contribution is -2.47. The Morgan fingerprint density at radius 3 is 2.67 bits per heavy atom. The number of carbonyl (C=O) groups excluding carboxylic acids is 2. The van der Waals surface area contributed by atoms with Crippen LogP contribution in [0.15, 0.2) is 0 Å². The minimum atomic E-state index is -0.818. The third kappa shape index (κ3) is 6.37. The number of unbranched alkanes of at least 4 members (excludes halogenated alkanes) is 2. The van der Waals surface area contributed by atoms with E-state index >= 15 is 0 Å². The first-order valence-electron chi connectivity index (χ1n) is 7.43. The minimum Gasteiger partial charge on any atom is -0.481 e. The summed E-state index contributed by atoms with van der Waals surface area (Å²) >= 11 is 1.59. The third-order valence-electron chi connectivity index (χ3n) is 3.37. The number of carboxylic acids is 1. The van der Waals surface area contributed by atoms with E-state index in [0.717, 1.165) is 12.8 Å². The highest BCUT2D eigenvalue weighted by Gasteiger charge is 2.33. The first-order valence-corrected chi connectivity index (χ1v) is 8.58. The van der Waals surface area contributed by atoms with E-state index in [2.05, 4.69) is 5.32 Å². The summed E-state index contributed by atoms with van der Waals surface area (Å²) in [7, 11) is 0. The van der Waals surface area contributed by atoms with Gasteiger partial charge in [0.2, 0.25) is 11.8 Å². The molecule has 0 radical (unpaired) electrons. The van der Waals surface area contributed by atoms with Gasteiger partial charge in [-0.2, -0.15) is 0 Å². The van der Waals surface area contributed by atoms with Gasteiger partial charge >= 0.3 is 5.97 Å². The second kappa shape index (κ2) is 9.65. The summed E-state index contributed by atoms with van der Waals surface area (Å²) in [6.07, 6.45) is 3.63. The first-order chi connectivity index (χ1) is 10.1. The van der Waals surface area contributed by atoms with E-state index in [-0.39, 0.29) is 24.3 Å². The number of aliphatic carboxylic acids is 1. The van der Waals surface area contributed by atoms with Gasteiger partial charge in [0.25, 0.3) is 0 Å². The molecule has 6 nitrogen and oxygen atoms in total. The van der Waals surface area contributed by atoms with Crippen molar-refractivity contribution in [1.29, 1.82) is 0 Å². The zero-order valence-electron chi connectivity index (χ0n) is 12.5. The summed E-state index contributed by atoms with van der Waals surface area (Å²) in [5, 5.41) is 11.3. The molecule has 1 aliphatic heterocycles. The molecule has 1 unspecified atom stereocenters. The van der Waals surface area contributed by atoms with Crippen LogP contribution in [0.1, 0.15) is 45.4 Å². The zero-order valence-corrected chi connectivity index (χ0v) is 13.3. The quantitative estimate of drug-likeness (QED) is 0.629. The van der Waals surface area contributed by atoms with Gasteiger partial charge in [0.15, 0.2) is 0 Å². The van der Waals surface area contributed by atoms with Crippen LogP contribution in [0.3, 0.4) is 0 Å². The molecule has 0 aromatic heterocycles. The number of thioether (sulfide) groups is 1. The Bertz CT molecular complexity index is 376. The molecule has 0 bridgehead atoms. The summed E-state index contributed by atoms with van der Waals surface area (Å²) in [6, 6.07) is -0.376. The normalized spacial score (nSPS) is 17.8. The lowest BCUT2D eigenvalue weighted by molar-refractivity contribution is -0.138. The molecule has 0 aromatic rings. The number of hydrogen-bond acceptors (Lipinski definition) is 4. The Morgan fingerprint density at radius 1 is 1.24 bits per heavy atom. The van der Waals surface area contributed by atoms with Crippen LogP contribution < -0.4 is 5.32 Å². The molecule has 1 atom stereocenters. The van der Waals surface area contributed by atoms with Gasteiger partial charge in [-0.1, -0.05) is 13.3 Å². The van der Waals surface area contributed by atoms with Gasteiger partial charge in [0.1, 0.15) is 6.04 Å². The van der Waals surface area contributed by atoms with Gasteiger partial charge in [-0.15, -0.1) is 11.8 Å². The minimum absolute atomic E-state index is 0.0490. The molecule has 1 saturated heterocycles. The molecular weight excluding hydrogens is 292 g/mol. The van der Waals surface area contributed by atoms with Gasteiger partial charge in [-0.05, 0) is 19.3 Å². The maximum atomic E-state index is 12.1. The second-order valence-electron chi connectivity index (χ2n) is 5.12. The monoisotopic (exact) mass is 316 g/mol. The fourth-order valence-electron chi connectivity index (χ4n) is 2.11.